The van der Waals surface area contributed by atoms with Gasteiger partial charge in [-0.2, -0.15) is 0 Å². The van der Waals surface area contributed by atoms with E-state index < -0.39 is 14.8 Å². The fourth-order valence-corrected chi connectivity index (χ4v) is 4.44. The third-order valence-electron chi connectivity index (χ3n) is 4.22. The number of nitro benzene ring substituents is 1. The Kier molecular flexibility index (Phi) is 5.31. The highest BCUT2D eigenvalue weighted by atomic mass is 79.9. The first-order valence-corrected chi connectivity index (χ1v) is 10.6. The Morgan fingerprint density at radius 3 is 2.62 bits per heavy atom. The van der Waals surface area contributed by atoms with Gasteiger partial charge in [-0.15, -0.1) is 0 Å². The van der Waals surface area contributed by atoms with Crippen LogP contribution in [0.5, 0.6) is 0 Å². The number of hydrogen-bond acceptors (Lipinski definition) is 6. The van der Waals surface area contributed by atoms with Crippen molar-refractivity contribution in [3.8, 4) is 0 Å². The van der Waals surface area contributed by atoms with Gasteiger partial charge in [0, 0.05) is 23.8 Å². The summed E-state index contributed by atoms with van der Waals surface area (Å²) in [5.74, 6) is 0. The van der Waals surface area contributed by atoms with Gasteiger partial charge in [-0.05, 0) is 23.8 Å². The molecule has 0 bridgehead atoms. The van der Waals surface area contributed by atoms with Crippen LogP contribution in [-0.2, 0) is 14.6 Å². The van der Waals surface area contributed by atoms with Crippen LogP contribution < -0.4 is 4.90 Å². The summed E-state index contributed by atoms with van der Waals surface area (Å²) in [4.78, 5) is 12.5. The normalized spacial score (nSPS) is 17.9. The molecule has 1 saturated heterocycles. The lowest BCUT2D eigenvalue weighted by molar-refractivity contribution is -0.387. The summed E-state index contributed by atoms with van der Waals surface area (Å²) in [5.41, 5.74) is 0.847. The van der Waals surface area contributed by atoms with E-state index in [1.54, 1.807) is 11.0 Å². The summed E-state index contributed by atoms with van der Waals surface area (Å²) in [6, 6.07) is 12.0. The van der Waals surface area contributed by atoms with E-state index in [-0.39, 0.29) is 16.7 Å². The number of benzene rings is 2. The first kappa shape index (κ1) is 18.8. The summed E-state index contributed by atoms with van der Waals surface area (Å²) < 4.78 is 30.7. The lowest BCUT2D eigenvalue weighted by Crippen LogP contribution is -2.39. The van der Waals surface area contributed by atoms with Crippen molar-refractivity contribution >= 4 is 37.1 Å². The molecule has 0 saturated carbocycles. The van der Waals surface area contributed by atoms with Crippen LogP contribution in [0.25, 0.3) is 0 Å². The number of hydrogen-bond donors (Lipinski definition) is 0. The van der Waals surface area contributed by atoms with Crippen LogP contribution in [0.15, 0.2) is 51.8 Å². The lowest BCUT2D eigenvalue weighted by Gasteiger charge is -2.35. The first-order chi connectivity index (χ1) is 12.3. The Morgan fingerprint density at radius 1 is 1.23 bits per heavy atom. The van der Waals surface area contributed by atoms with E-state index in [1.807, 2.05) is 24.3 Å². The molecule has 0 N–H and O–H groups in total. The second kappa shape index (κ2) is 7.34. The fourth-order valence-electron chi connectivity index (χ4n) is 3.04. The molecule has 2 aromatic rings. The number of rotatable bonds is 4. The van der Waals surface area contributed by atoms with Gasteiger partial charge in [0.25, 0.3) is 0 Å². The molecule has 2 aromatic carbocycles. The summed E-state index contributed by atoms with van der Waals surface area (Å²) >= 11 is 3.50. The van der Waals surface area contributed by atoms with E-state index in [4.69, 9.17) is 4.74 Å². The van der Waals surface area contributed by atoms with Crippen LogP contribution in [0, 0.1) is 10.1 Å². The number of halogens is 1. The van der Waals surface area contributed by atoms with E-state index >= 15 is 0 Å². The number of para-hydroxylation sites is 1. The molecule has 26 heavy (non-hydrogen) atoms. The molecule has 0 aromatic heterocycles. The SMILES string of the molecule is CS(=O)(=O)c1cccc(N2CCOC(c3ccccc3Br)C2)c1[N+](=O)[O-]. The molecule has 0 aliphatic carbocycles. The molecule has 7 nitrogen and oxygen atoms in total. The molecule has 0 amide bonds. The van der Waals surface area contributed by atoms with Crippen LogP contribution >= 0.6 is 15.9 Å². The Morgan fingerprint density at radius 2 is 1.96 bits per heavy atom. The summed E-state index contributed by atoms with van der Waals surface area (Å²) in [6.07, 6.45) is 0.697. The molecule has 1 aliphatic rings. The van der Waals surface area contributed by atoms with Crippen molar-refractivity contribution in [3.63, 3.8) is 0 Å². The Balaban J connectivity index is 2.01. The van der Waals surface area contributed by atoms with E-state index in [2.05, 4.69) is 15.9 Å². The predicted octanol–water partition coefficient (Wildman–Crippen LogP) is 3.34. The molecule has 138 valence electrons. The number of sulfone groups is 1. The standard InChI is InChI=1S/C17H17BrN2O5S/c1-26(23,24)16-8-4-7-14(17(16)20(21)22)19-9-10-25-15(11-19)12-5-2-3-6-13(12)18/h2-8,15H,9-11H2,1H3. The van der Waals surface area contributed by atoms with Gasteiger partial charge in [-0.1, -0.05) is 40.2 Å². The van der Waals surface area contributed by atoms with Crippen molar-refractivity contribution < 1.29 is 18.1 Å². The molecule has 0 radical (unpaired) electrons. The number of nitrogens with zero attached hydrogens (tertiary/aromatic N) is 2. The lowest BCUT2D eigenvalue weighted by atomic mass is 10.1. The molecule has 1 unspecified atom stereocenters. The fraction of sp³-hybridized carbons (Fsp3) is 0.294. The highest BCUT2D eigenvalue weighted by molar-refractivity contribution is 9.10. The van der Waals surface area contributed by atoms with E-state index in [1.165, 1.54) is 12.1 Å². The topological polar surface area (TPSA) is 89.8 Å². The monoisotopic (exact) mass is 440 g/mol. The van der Waals surface area contributed by atoms with Crippen molar-refractivity contribution in [3.05, 3.63) is 62.6 Å². The maximum atomic E-state index is 12.0. The van der Waals surface area contributed by atoms with Crippen molar-refractivity contribution in [2.75, 3.05) is 30.9 Å². The number of nitro groups is 1. The molecule has 1 aliphatic heterocycles. The minimum atomic E-state index is -3.72. The van der Waals surface area contributed by atoms with E-state index in [9.17, 15) is 18.5 Å². The van der Waals surface area contributed by atoms with Gasteiger partial charge in [-0.3, -0.25) is 10.1 Å². The molecule has 9 heteroatoms. The van der Waals surface area contributed by atoms with Crippen molar-refractivity contribution in [2.45, 2.75) is 11.0 Å². The summed E-state index contributed by atoms with van der Waals surface area (Å²) in [5, 5.41) is 11.6. The minimum Gasteiger partial charge on any atom is -0.370 e. The second-order valence-corrected chi connectivity index (χ2v) is 8.82. The largest absolute Gasteiger partial charge is 0.370 e. The Bertz CT molecular complexity index is 948. The smallest absolute Gasteiger partial charge is 0.311 e. The quantitative estimate of drug-likeness (QED) is 0.534. The zero-order valence-corrected chi connectivity index (χ0v) is 16.4. The van der Waals surface area contributed by atoms with Crippen LogP contribution in [0.1, 0.15) is 11.7 Å². The van der Waals surface area contributed by atoms with Gasteiger partial charge < -0.3 is 9.64 Å². The van der Waals surface area contributed by atoms with Gasteiger partial charge in [0.05, 0.1) is 11.5 Å². The van der Waals surface area contributed by atoms with Crippen molar-refractivity contribution in [2.24, 2.45) is 0 Å². The zero-order chi connectivity index (χ0) is 18.9. The second-order valence-electron chi connectivity index (χ2n) is 5.98. The number of morpholine rings is 1. The maximum absolute atomic E-state index is 12.0. The highest BCUT2D eigenvalue weighted by Gasteiger charge is 2.32. The number of anilines is 1. The van der Waals surface area contributed by atoms with Gasteiger partial charge >= 0.3 is 5.69 Å². The van der Waals surface area contributed by atoms with Crippen molar-refractivity contribution in [1.82, 2.24) is 0 Å². The molecule has 1 fully saturated rings. The predicted molar refractivity (Wildman–Crippen MR) is 101 cm³/mol. The molecular formula is C17H17BrN2O5S. The molecule has 3 rings (SSSR count). The highest BCUT2D eigenvalue weighted by Crippen LogP contribution is 2.37. The third-order valence-corrected chi connectivity index (χ3v) is 6.07. The zero-order valence-electron chi connectivity index (χ0n) is 14.0. The molecule has 1 heterocycles. The van der Waals surface area contributed by atoms with Crippen LogP contribution in [0.4, 0.5) is 11.4 Å². The minimum absolute atomic E-state index is 0.274. The van der Waals surface area contributed by atoms with Gasteiger partial charge in [0.2, 0.25) is 0 Å². The average molecular weight is 441 g/mol. The molecule has 1 atom stereocenters. The Hall–Kier alpha value is -1.97. The molecular weight excluding hydrogens is 424 g/mol. The first-order valence-electron chi connectivity index (χ1n) is 7.87. The average Bonchev–Trinajstić information content (AvgIpc) is 2.61. The van der Waals surface area contributed by atoms with Crippen LogP contribution in [-0.4, -0.2) is 39.3 Å². The van der Waals surface area contributed by atoms with E-state index in [0.29, 0.717) is 25.4 Å². The van der Waals surface area contributed by atoms with Crippen LogP contribution in [0.3, 0.4) is 0 Å². The Labute approximate surface area is 159 Å². The van der Waals surface area contributed by atoms with Crippen molar-refractivity contribution in [1.29, 1.82) is 0 Å². The van der Waals surface area contributed by atoms with Gasteiger partial charge in [0.15, 0.2) is 9.84 Å². The van der Waals surface area contributed by atoms with Gasteiger partial charge in [0.1, 0.15) is 16.7 Å². The van der Waals surface area contributed by atoms with Crippen LogP contribution in [0.2, 0.25) is 0 Å². The summed E-state index contributed by atoms with van der Waals surface area (Å²) in [6.45, 7) is 1.21. The summed E-state index contributed by atoms with van der Waals surface area (Å²) in [7, 11) is -3.72. The third kappa shape index (κ3) is 3.74. The number of ether oxygens (including phenoxy) is 1. The maximum Gasteiger partial charge on any atom is 0.311 e. The molecule has 0 spiro atoms. The van der Waals surface area contributed by atoms with E-state index in [0.717, 1.165) is 16.3 Å². The van der Waals surface area contributed by atoms with Gasteiger partial charge in [-0.25, -0.2) is 8.42 Å².